The Morgan fingerprint density at radius 3 is 2.62 bits per heavy atom. The third kappa shape index (κ3) is 6.56. The number of aliphatic imine (C=N–C) groups is 1. The number of methoxy groups -OCH3 is 1. The maximum atomic E-state index is 13.9. The molecule has 0 spiro atoms. The maximum absolute atomic E-state index is 13.9. The van der Waals surface area contributed by atoms with E-state index in [2.05, 4.69) is 11.9 Å². The quantitative estimate of drug-likeness (QED) is 0.209. The molecule has 1 amide bonds. The maximum Gasteiger partial charge on any atom is 0.252 e. The fourth-order valence-electron chi connectivity index (χ4n) is 4.32. The molecule has 1 heterocycles. The Morgan fingerprint density at radius 1 is 1.13 bits per heavy atom. The van der Waals surface area contributed by atoms with Gasteiger partial charge in [-0.3, -0.25) is 4.79 Å². The van der Waals surface area contributed by atoms with Crippen LogP contribution in [0.5, 0.6) is 11.5 Å². The minimum Gasteiger partial charge on any atom is -0.497 e. The van der Waals surface area contributed by atoms with E-state index in [0.717, 1.165) is 11.1 Å². The van der Waals surface area contributed by atoms with Gasteiger partial charge in [-0.05, 0) is 59.7 Å². The minimum absolute atomic E-state index is 0.0624. The number of rotatable bonds is 12. The van der Waals surface area contributed by atoms with E-state index in [9.17, 15) is 4.79 Å². The number of amides is 1. The van der Waals surface area contributed by atoms with E-state index >= 15 is 0 Å². The average Bonchev–Trinajstić information content (AvgIpc) is 3.35. The van der Waals surface area contributed by atoms with Crippen molar-refractivity contribution in [3.05, 3.63) is 106 Å². The lowest BCUT2D eigenvalue weighted by Gasteiger charge is -2.30. The summed E-state index contributed by atoms with van der Waals surface area (Å²) < 4.78 is 17.5. The first-order chi connectivity index (χ1) is 18.9. The van der Waals surface area contributed by atoms with Crippen LogP contribution in [0.2, 0.25) is 10.0 Å². The molecule has 7 nitrogen and oxygen atoms in total. The van der Waals surface area contributed by atoms with Crippen LogP contribution in [0, 0.1) is 0 Å². The van der Waals surface area contributed by atoms with Gasteiger partial charge in [-0.25, -0.2) is 4.99 Å². The number of nitrogens with zero attached hydrogens (tertiary/aromatic N) is 1. The van der Waals surface area contributed by atoms with Gasteiger partial charge in [0.25, 0.3) is 5.91 Å². The third-order valence-electron chi connectivity index (χ3n) is 6.32. The smallest absolute Gasteiger partial charge is 0.252 e. The summed E-state index contributed by atoms with van der Waals surface area (Å²) in [5.41, 5.74) is 0.907. The normalized spacial score (nSPS) is 18.2. The summed E-state index contributed by atoms with van der Waals surface area (Å²) in [5.74, 6) is 1.31. The molecule has 1 aliphatic heterocycles. The molecule has 3 aromatic carbocycles. The van der Waals surface area contributed by atoms with Crippen molar-refractivity contribution >= 4 is 35.0 Å². The standard InChI is InChI=1S/C30H30Cl2N2O5/c1-3-14-30(29(36)33-19-20-8-13-25(31)26(32)17-20)27(22-6-4-7-24(18-22)37-2)39-28(34-30)21-9-11-23(12-10-21)38-16-5-15-35/h3-4,6-13,17-18,27,35H,1,5,14-16,19H2,2H3,(H,33,36)/t27-,30-/m1/s1. The van der Waals surface area contributed by atoms with Crippen LogP contribution >= 0.6 is 23.2 Å². The Hall–Kier alpha value is -3.52. The molecule has 0 aromatic heterocycles. The number of halogens is 2. The Bertz CT molecular complexity index is 1350. The highest BCUT2D eigenvalue weighted by atomic mass is 35.5. The molecule has 0 saturated carbocycles. The van der Waals surface area contributed by atoms with Crippen molar-refractivity contribution < 1.29 is 24.1 Å². The van der Waals surface area contributed by atoms with Crippen LogP contribution in [0.25, 0.3) is 0 Å². The molecule has 204 valence electrons. The Balaban J connectivity index is 1.68. The van der Waals surface area contributed by atoms with E-state index in [1.54, 1.807) is 43.5 Å². The lowest BCUT2D eigenvalue weighted by molar-refractivity contribution is -0.129. The molecule has 2 N–H and O–H groups in total. The second-order valence-corrected chi connectivity index (χ2v) is 9.80. The predicted octanol–water partition coefficient (Wildman–Crippen LogP) is 5.91. The molecular formula is C30H30Cl2N2O5. The number of hydrogen-bond donors (Lipinski definition) is 2. The molecule has 0 unspecified atom stereocenters. The van der Waals surface area contributed by atoms with Crippen molar-refractivity contribution in [2.75, 3.05) is 20.3 Å². The van der Waals surface area contributed by atoms with E-state index in [1.165, 1.54) is 0 Å². The summed E-state index contributed by atoms with van der Waals surface area (Å²) in [6.07, 6.45) is 1.70. The number of benzene rings is 3. The van der Waals surface area contributed by atoms with Crippen LogP contribution in [-0.2, 0) is 16.1 Å². The Kier molecular flexibility index (Phi) is 9.51. The number of ether oxygens (including phenoxy) is 3. The molecule has 39 heavy (non-hydrogen) atoms. The fraction of sp³-hybridized carbons (Fsp3) is 0.267. The van der Waals surface area contributed by atoms with Crippen LogP contribution in [-0.4, -0.2) is 42.8 Å². The Morgan fingerprint density at radius 2 is 1.92 bits per heavy atom. The largest absolute Gasteiger partial charge is 0.497 e. The van der Waals surface area contributed by atoms with Gasteiger partial charge in [0.15, 0.2) is 11.6 Å². The van der Waals surface area contributed by atoms with E-state index in [0.29, 0.717) is 46.0 Å². The zero-order valence-corrected chi connectivity index (χ0v) is 23.0. The van der Waals surface area contributed by atoms with E-state index in [-0.39, 0.29) is 25.5 Å². The molecule has 0 aliphatic carbocycles. The molecule has 2 atom stereocenters. The molecule has 4 rings (SSSR count). The summed E-state index contributed by atoms with van der Waals surface area (Å²) in [4.78, 5) is 18.8. The van der Waals surface area contributed by atoms with E-state index in [1.807, 2.05) is 36.4 Å². The minimum atomic E-state index is -1.32. The van der Waals surface area contributed by atoms with Crippen LogP contribution in [0.4, 0.5) is 0 Å². The number of hydrogen-bond acceptors (Lipinski definition) is 6. The topological polar surface area (TPSA) is 89.4 Å². The van der Waals surface area contributed by atoms with Crippen LogP contribution < -0.4 is 14.8 Å². The van der Waals surface area contributed by atoms with E-state index in [4.69, 9.17) is 47.5 Å². The van der Waals surface area contributed by atoms with Gasteiger partial charge in [0.2, 0.25) is 5.90 Å². The van der Waals surface area contributed by atoms with Gasteiger partial charge >= 0.3 is 0 Å². The molecule has 0 fully saturated rings. The highest BCUT2D eigenvalue weighted by Gasteiger charge is 2.52. The van der Waals surface area contributed by atoms with Crippen molar-refractivity contribution in [3.63, 3.8) is 0 Å². The number of aliphatic hydroxyl groups excluding tert-OH is 1. The lowest BCUT2D eigenvalue weighted by Crippen LogP contribution is -2.47. The van der Waals surface area contributed by atoms with Gasteiger partial charge in [-0.2, -0.15) is 0 Å². The number of nitrogens with one attached hydrogen (secondary N) is 1. The monoisotopic (exact) mass is 568 g/mol. The Labute approximate surface area is 238 Å². The number of aliphatic hydroxyl groups is 1. The molecular weight excluding hydrogens is 539 g/mol. The molecule has 0 saturated heterocycles. The molecule has 0 bridgehead atoms. The zero-order valence-electron chi connectivity index (χ0n) is 21.5. The molecule has 3 aromatic rings. The highest BCUT2D eigenvalue weighted by Crippen LogP contribution is 2.43. The summed E-state index contributed by atoms with van der Waals surface area (Å²) >= 11 is 12.2. The first kappa shape index (κ1) is 28.5. The molecule has 9 heteroatoms. The van der Waals surface area contributed by atoms with Crippen LogP contribution in [0.1, 0.15) is 35.6 Å². The SMILES string of the molecule is C=CC[C@@]1(C(=O)NCc2ccc(Cl)c(Cl)c2)N=C(c2ccc(OCCCO)cc2)O[C@@H]1c1cccc(OC)c1. The summed E-state index contributed by atoms with van der Waals surface area (Å²) in [6.45, 7) is 4.60. The molecule has 1 aliphatic rings. The number of carbonyl (C=O) groups is 1. The van der Waals surface area contributed by atoms with Crippen molar-refractivity contribution in [1.29, 1.82) is 0 Å². The highest BCUT2D eigenvalue weighted by molar-refractivity contribution is 6.42. The van der Waals surface area contributed by atoms with Crippen molar-refractivity contribution in [2.45, 2.75) is 31.0 Å². The van der Waals surface area contributed by atoms with Gasteiger partial charge < -0.3 is 24.6 Å². The van der Waals surface area contributed by atoms with Gasteiger partial charge in [0, 0.05) is 31.6 Å². The van der Waals surface area contributed by atoms with E-state index < -0.39 is 11.6 Å². The van der Waals surface area contributed by atoms with Gasteiger partial charge in [-0.15, -0.1) is 6.58 Å². The second kappa shape index (κ2) is 13.0. The van der Waals surface area contributed by atoms with Crippen LogP contribution in [0.3, 0.4) is 0 Å². The first-order valence-corrected chi connectivity index (χ1v) is 13.2. The molecule has 0 radical (unpaired) electrons. The first-order valence-electron chi connectivity index (χ1n) is 12.5. The van der Waals surface area contributed by atoms with Gasteiger partial charge in [-0.1, -0.05) is 47.5 Å². The van der Waals surface area contributed by atoms with Crippen molar-refractivity contribution in [2.24, 2.45) is 4.99 Å². The summed E-state index contributed by atoms with van der Waals surface area (Å²) in [5, 5.41) is 12.8. The van der Waals surface area contributed by atoms with Gasteiger partial charge in [0.1, 0.15) is 11.5 Å². The van der Waals surface area contributed by atoms with Crippen molar-refractivity contribution in [1.82, 2.24) is 5.32 Å². The lowest BCUT2D eigenvalue weighted by atomic mass is 9.84. The average molecular weight is 569 g/mol. The third-order valence-corrected chi connectivity index (χ3v) is 7.06. The van der Waals surface area contributed by atoms with Crippen molar-refractivity contribution in [3.8, 4) is 11.5 Å². The summed E-state index contributed by atoms with van der Waals surface area (Å²) in [7, 11) is 1.58. The zero-order chi connectivity index (χ0) is 27.8. The van der Waals surface area contributed by atoms with Crippen LogP contribution in [0.15, 0.2) is 84.4 Å². The second-order valence-electron chi connectivity index (χ2n) is 8.99. The van der Waals surface area contributed by atoms with Gasteiger partial charge in [0.05, 0.1) is 23.8 Å². The summed E-state index contributed by atoms with van der Waals surface area (Å²) in [6, 6.07) is 19.9. The number of carbonyl (C=O) groups excluding carboxylic acids is 1. The predicted molar refractivity (Wildman–Crippen MR) is 153 cm³/mol. The fourth-order valence-corrected chi connectivity index (χ4v) is 4.65.